The summed E-state index contributed by atoms with van der Waals surface area (Å²) in [7, 11) is 0. The lowest BCUT2D eigenvalue weighted by Crippen LogP contribution is -2.33. The van der Waals surface area contributed by atoms with E-state index in [2.05, 4.69) is 13.8 Å². The standard InChI is InChI=1S/C28H22Cl2N2O3/c1-14(2)11-23-25(32-27(33)19-13-20(19)28(32)34)21-12-18(15-7-9-16(29)10-8-15)24(31-26(21)35-23)17-5-3-4-6-22(17)30/h3-10,12,14,19-20H,11,13H2,1-2H3. The Balaban J connectivity index is 1.64. The van der Waals surface area contributed by atoms with Crippen molar-refractivity contribution in [3.63, 3.8) is 0 Å². The van der Waals surface area contributed by atoms with Gasteiger partial charge in [-0.1, -0.05) is 67.4 Å². The number of aromatic nitrogens is 1. The molecule has 4 aromatic rings. The Morgan fingerprint density at radius 2 is 1.69 bits per heavy atom. The third kappa shape index (κ3) is 3.65. The molecule has 35 heavy (non-hydrogen) atoms. The van der Waals surface area contributed by atoms with E-state index in [1.807, 2.05) is 54.6 Å². The van der Waals surface area contributed by atoms with E-state index in [-0.39, 0.29) is 29.6 Å². The van der Waals surface area contributed by atoms with Gasteiger partial charge in [-0.2, -0.15) is 0 Å². The fourth-order valence-electron chi connectivity index (χ4n) is 4.92. The van der Waals surface area contributed by atoms with Gasteiger partial charge in [0.05, 0.1) is 22.9 Å². The monoisotopic (exact) mass is 504 g/mol. The lowest BCUT2D eigenvalue weighted by molar-refractivity contribution is -0.123. The fourth-order valence-corrected chi connectivity index (χ4v) is 5.27. The number of benzene rings is 2. The van der Waals surface area contributed by atoms with Gasteiger partial charge in [0.1, 0.15) is 11.4 Å². The first-order chi connectivity index (χ1) is 16.8. The van der Waals surface area contributed by atoms with Crippen LogP contribution in [0.5, 0.6) is 0 Å². The molecule has 1 aliphatic carbocycles. The molecule has 2 aromatic carbocycles. The summed E-state index contributed by atoms with van der Waals surface area (Å²) in [5.74, 6) is 0.169. The second-order valence-electron chi connectivity index (χ2n) is 9.66. The number of nitrogens with zero attached hydrogens (tertiary/aromatic N) is 2. The second-order valence-corrected chi connectivity index (χ2v) is 10.5. The van der Waals surface area contributed by atoms with Crippen molar-refractivity contribution in [3.8, 4) is 22.4 Å². The van der Waals surface area contributed by atoms with Crippen molar-refractivity contribution in [2.75, 3.05) is 4.90 Å². The van der Waals surface area contributed by atoms with E-state index in [0.717, 1.165) is 16.7 Å². The van der Waals surface area contributed by atoms with Crippen LogP contribution in [0.15, 0.2) is 59.0 Å². The van der Waals surface area contributed by atoms with Gasteiger partial charge in [0.2, 0.25) is 17.5 Å². The summed E-state index contributed by atoms with van der Waals surface area (Å²) in [5, 5.41) is 1.83. The van der Waals surface area contributed by atoms with Crippen LogP contribution in [0.4, 0.5) is 5.69 Å². The molecule has 5 nitrogen and oxygen atoms in total. The normalized spacial score (nSPS) is 19.2. The van der Waals surface area contributed by atoms with E-state index in [0.29, 0.717) is 51.1 Å². The van der Waals surface area contributed by atoms with Crippen molar-refractivity contribution in [2.45, 2.75) is 26.7 Å². The summed E-state index contributed by atoms with van der Waals surface area (Å²) in [5.41, 5.74) is 4.03. The lowest BCUT2D eigenvalue weighted by atomic mass is 9.97. The Kier molecular flexibility index (Phi) is 5.24. The van der Waals surface area contributed by atoms with E-state index < -0.39 is 0 Å². The number of hydrogen-bond donors (Lipinski definition) is 0. The largest absolute Gasteiger partial charge is 0.440 e. The summed E-state index contributed by atoms with van der Waals surface area (Å²) in [6, 6.07) is 16.9. The molecule has 2 aliphatic rings. The van der Waals surface area contributed by atoms with Crippen LogP contribution in [-0.4, -0.2) is 16.8 Å². The second kappa shape index (κ2) is 8.21. The molecule has 6 rings (SSSR count). The zero-order valence-corrected chi connectivity index (χ0v) is 20.7. The number of amides is 2. The SMILES string of the molecule is CC(C)Cc1oc2nc(-c3ccccc3Cl)c(-c3ccc(Cl)cc3)cc2c1N1C(=O)C2CC2C1=O. The highest BCUT2D eigenvalue weighted by atomic mass is 35.5. The van der Waals surface area contributed by atoms with Gasteiger partial charge in [0.15, 0.2) is 0 Å². The number of fused-ring (bicyclic) bond motifs is 2. The van der Waals surface area contributed by atoms with Crippen LogP contribution in [0.25, 0.3) is 33.5 Å². The van der Waals surface area contributed by atoms with Crippen LogP contribution in [0.3, 0.4) is 0 Å². The zero-order chi connectivity index (χ0) is 24.4. The van der Waals surface area contributed by atoms with Crippen molar-refractivity contribution in [1.29, 1.82) is 0 Å². The minimum absolute atomic E-state index is 0.143. The Morgan fingerprint density at radius 3 is 2.34 bits per heavy atom. The Morgan fingerprint density at radius 1 is 1.00 bits per heavy atom. The molecule has 2 amide bonds. The average molecular weight is 505 g/mol. The van der Waals surface area contributed by atoms with Crippen LogP contribution < -0.4 is 4.90 Å². The van der Waals surface area contributed by atoms with E-state index in [9.17, 15) is 9.59 Å². The van der Waals surface area contributed by atoms with Crippen molar-refractivity contribution >= 4 is 51.8 Å². The molecule has 0 spiro atoms. The van der Waals surface area contributed by atoms with Gasteiger partial charge in [-0.05, 0) is 42.2 Å². The minimum Gasteiger partial charge on any atom is -0.440 e. The summed E-state index contributed by atoms with van der Waals surface area (Å²) in [6.07, 6.45) is 1.23. The summed E-state index contributed by atoms with van der Waals surface area (Å²) in [6.45, 7) is 4.15. The number of imide groups is 1. The summed E-state index contributed by atoms with van der Waals surface area (Å²) < 4.78 is 6.26. The number of carbonyl (C=O) groups is 2. The molecule has 1 aliphatic heterocycles. The molecule has 1 saturated heterocycles. The molecular weight excluding hydrogens is 483 g/mol. The predicted octanol–water partition coefficient (Wildman–Crippen LogP) is 7.18. The molecule has 2 aromatic heterocycles. The van der Waals surface area contributed by atoms with E-state index in [1.54, 1.807) is 0 Å². The highest BCUT2D eigenvalue weighted by Crippen LogP contribution is 2.51. The Hall–Kier alpha value is -3.15. The zero-order valence-electron chi connectivity index (χ0n) is 19.2. The van der Waals surface area contributed by atoms with Crippen molar-refractivity contribution in [1.82, 2.24) is 4.98 Å². The lowest BCUT2D eigenvalue weighted by Gasteiger charge is -2.18. The highest BCUT2D eigenvalue weighted by Gasteiger charge is 2.60. The summed E-state index contributed by atoms with van der Waals surface area (Å²) in [4.78, 5) is 32.4. The first-order valence-electron chi connectivity index (χ1n) is 11.7. The van der Waals surface area contributed by atoms with Crippen LogP contribution in [-0.2, 0) is 16.0 Å². The average Bonchev–Trinajstić information content (AvgIpc) is 3.51. The smallest absolute Gasteiger partial charge is 0.237 e. The third-order valence-corrected chi connectivity index (χ3v) is 7.28. The first-order valence-corrected chi connectivity index (χ1v) is 12.4. The molecule has 0 radical (unpaired) electrons. The van der Waals surface area contributed by atoms with Gasteiger partial charge >= 0.3 is 0 Å². The molecule has 0 bridgehead atoms. The van der Waals surface area contributed by atoms with E-state index in [4.69, 9.17) is 32.6 Å². The van der Waals surface area contributed by atoms with Crippen LogP contribution >= 0.6 is 23.2 Å². The number of piperidine rings is 1. The quantitative estimate of drug-likeness (QED) is 0.270. The molecule has 0 N–H and O–H groups in total. The van der Waals surface area contributed by atoms with E-state index in [1.165, 1.54) is 4.90 Å². The molecular formula is C28H22Cl2N2O3. The number of anilines is 1. The molecule has 2 fully saturated rings. The predicted molar refractivity (Wildman–Crippen MR) is 138 cm³/mol. The van der Waals surface area contributed by atoms with Crippen molar-refractivity contribution in [3.05, 3.63) is 70.4 Å². The van der Waals surface area contributed by atoms with E-state index >= 15 is 0 Å². The van der Waals surface area contributed by atoms with Gasteiger partial charge in [0.25, 0.3) is 0 Å². The Bertz CT molecular complexity index is 1490. The molecule has 1 saturated carbocycles. The van der Waals surface area contributed by atoms with Crippen LogP contribution in [0.1, 0.15) is 26.0 Å². The van der Waals surface area contributed by atoms with Crippen LogP contribution in [0, 0.1) is 17.8 Å². The summed E-state index contributed by atoms with van der Waals surface area (Å²) >= 11 is 12.7. The van der Waals surface area contributed by atoms with Crippen molar-refractivity contribution in [2.24, 2.45) is 17.8 Å². The van der Waals surface area contributed by atoms with Gasteiger partial charge in [-0.15, -0.1) is 0 Å². The topological polar surface area (TPSA) is 63.4 Å². The molecule has 2 unspecified atom stereocenters. The van der Waals surface area contributed by atoms with Crippen LogP contribution in [0.2, 0.25) is 10.0 Å². The fraction of sp³-hybridized carbons (Fsp3) is 0.250. The molecule has 3 heterocycles. The van der Waals surface area contributed by atoms with Gasteiger partial charge < -0.3 is 4.42 Å². The molecule has 176 valence electrons. The third-order valence-electron chi connectivity index (χ3n) is 6.69. The highest BCUT2D eigenvalue weighted by molar-refractivity contribution is 6.33. The van der Waals surface area contributed by atoms with Gasteiger partial charge in [-0.25, -0.2) is 9.88 Å². The minimum atomic E-state index is -0.203. The van der Waals surface area contributed by atoms with Gasteiger partial charge in [0, 0.05) is 27.6 Å². The number of hydrogen-bond acceptors (Lipinski definition) is 4. The molecule has 2 atom stereocenters. The molecule has 7 heteroatoms. The maximum absolute atomic E-state index is 13.1. The van der Waals surface area contributed by atoms with Gasteiger partial charge in [-0.3, -0.25) is 9.59 Å². The van der Waals surface area contributed by atoms with Crippen molar-refractivity contribution < 1.29 is 14.0 Å². The number of furan rings is 1. The number of halogens is 2. The number of rotatable bonds is 5. The number of pyridine rings is 1. The Labute approximate surface area is 212 Å². The number of carbonyl (C=O) groups excluding carboxylic acids is 2. The first kappa shape index (κ1) is 22.3. The maximum atomic E-state index is 13.1. The maximum Gasteiger partial charge on any atom is 0.237 e.